The molecule has 1 aliphatic heterocycles. The molecule has 1 fully saturated rings. The Morgan fingerprint density at radius 3 is 2.48 bits per heavy atom. The number of benzene rings is 2. The number of H-pyrrole nitrogens is 1. The minimum absolute atomic E-state index is 0.618. The first-order chi connectivity index (χ1) is 15.1. The first-order valence-corrected chi connectivity index (χ1v) is 10.5. The van der Waals surface area contributed by atoms with Crippen LogP contribution in [0.2, 0.25) is 5.02 Å². The lowest BCUT2D eigenvalue weighted by Gasteiger charge is -2.37. The van der Waals surface area contributed by atoms with Gasteiger partial charge in [0, 0.05) is 42.5 Å². The molecule has 31 heavy (non-hydrogen) atoms. The van der Waals surface area contributed by atoms with Gasteiger partial charge in [0.25, 0.3) is 0 Å². The van der Waals surface area contributed by atoms with Crippen LogP contribution in [0.4, 0.5) is 11.5 Å². The number of rotatable bonds is 3. The van der Waals surface area contributed by atoms with E-state index in [-0.39, 0.29) is 0 Å². The number of hydrogen-bond donors (Lipinski definition) is 1. The van der Waals surface area contributed by atoms with Gasteiger partial charge in [-0.2, -0.15) is 10.4 Å². The van der Waals surface area contributed by atoms with E-state index in [1.54, 1.807) is 18.5 Å². The number of nitrogens with zero attached hydrogens (tertiary/aromatic N) is 6. The van der Waals surface area contributed by atoms with Gasteiger partial charge < -0.3 is 9.80 Å². The van der Waals surface area contributed by atoms with Gasteiger partial charge in [-0.05, 0) is 36.8 Å². The summed E-state index contributed by atoms with van der Waals surface area (Å²) in [7, 11) is 0. The average molecular weight is 430 g/mol. The van der Waals surface area contributed by atoms with Gasteiger partial charge in [-0.25, -0.2) is 9.97 Å². The van der Waals surface area contributed by atoms with E-state index in [1.807, 2.05) is 24.3 Å². The molecule has 1 aliphatic rings. The van der Waals surface area contributed by atoms with Crippen LogP contribution in [-0.2, 0) is 0 Å². The third-order valence-electron chi connectivity index (χ3n) is 5.72. The van der Waals surface area contributed by atoms with Crippen LogP contribution >= 0.6 is 11.6 Å². The standard InChI is InChI=1S/C23H20ClN7/c1-15-2-7-18(24)12-19(15)30-8-10-31(11-9-30)23-20-21(28-29-22(20)26-14-27-23)17-5-3-16(13-25)4-6-17/h2-7,12,14H,8-11H2,1H3,(H,26,27,28,29). The molecule has 7 nitrogen and oxygen atoms in total. The van der Waals surface area contributed by atoms with Gasteiger partial charge in [-0.3, -0.25) is 5.10 Å². The molecule has 8 heteroatoms. The molecule has 0 unspecified atom stereocenters. The molecule has 0 bridgehead atoms. The van der Waals surface area contributed by atoms with Crippen LogP contribution in [0.15, 0.2) is 48.8 Å². The Labute approximate surface area is 184 Å². The highest BCUT2D eigenvalue weighted by Gasteiger charge is 2.24. The summed E-state index contributed by atoms with van der Waals surface area (Å²) in [5.74, 6) is 0.876. The number of halogens is 1. The molecule has 3 heterocycles. The molecule has 0 amide bonds. The van der Waals surface area contributed by atoms with Gasteiger partial charge >= 0.3 is 0 Å². The maximum Gasteiger partial charge on any atom is 0.161 e. The predicted octanol–water partition coefficient (Wildman–Crippen LogP) is 4.18. The quantitative estimate of drug-likeness (QED) is 0.526. The normalized spacial score (nSPS) is 14.1. The van der Waals surface area contributed by atoms with Crippen LogP contribution in [0, 0.1) is 18.3 Å². The Morgan fingerprint density at radius 2 is 1.74 bits per heavy atom. The number of anilines is 2. The SMILES string of the molecule is Cc1ccc(Cl)cc1N1CCN(c2ncnc3[nH]nc(-c4ccc(C#N)cc4)c23)CC1. The van der Waals surface area contributed by atoms with Gasteiger partial charge in [-0.1, -0.05) is 29.8 Å². The van der Waals surface area contributed by atoms with E-state index in [0.717, 1.165) is 53.7 Å². The number of nitriles is 1. The zero-order chi connectivity index (χ0) is 21.4. The smallest absolute Gasteiger partial charge is 0.161 e. The number of piperazine rings is 1. The van der Waals surface area contributed by atoms with Gasteiger partial charge in [0.2, 0.25) is 0 Å². The monoisotopic (exact) mass is 429 g/mol. The van der Waals surface area contributed by atoms with Crippen molar-refractivity contribution in [1.29, 1.82) is 5.26 Å². The van der Waals surface area contributed by atoms with E-state index in [9.17, 15) is 0 Å². The van der Waals surface area contributed by atoms with Crippen LogP contribution in [0.25, 0.3) is 22.3 Å². The Balaban J connectivity index is 1.45. The van der Waals surface area contributed by atoms with Crippen LogP contribution in [0.3, 0.4) is 0 Å². The summed E-state index contributed by atoms with van der Waals surface area (Å²) in [5.41, 5.74) is 5.45. The molecule has 4 aromatic rings. The molecule has 0 aliphatic carbocycles. The fourth-order valence-electron chi connectivity index (χ4n) is 4.08. The molecule has 5 rings (SSSR count). The molecule has 0 atom stereocenters. The maximum absolute atomic E-state index is 9.07. The van der Waals surface area contributed by atoms with Crippen molar-refractivity contribution in [1.82, 2.24) is 20.2 Å². The van der Waals surface area contributed by atoms with Crippen molar-refractivity contribution in [2.75, 3.05) is 36.0 Å². The maximum atomic E-state index is 9.07. The molecule has 0 radical (unpaired) electrons. The highest BCUT2D eigenvalue weighted by Crippen LogP contribution is 2.33. The molecule has 0 saturated carbocycles. The highest BCUT2D eigenvalue weighted by atomic mass is 35.5. The Hall–Kier alpha value is -3.63. The van der Waals surface area contributed by atoms with Crippen molar-refractivity contribution in [3.8, 4) is 17.3 Å². The molecule has 0 spiro atoms. The summed E-state index contributed by atoms with van der Waals surface area (Å²) in [6.07, 6.45) is 1.58. The van der Waals surface area contributed by atoms with Crippen LogP contribution in [0.1, 0.15) is 11.1 Å². The van der Waals surface area contributed by atoms with Gasteiger partial charge in [0.1, 0.15) is 17.8 Å². The number of fused-ring (bicyclic) bond motifs is 1. The van der Waals surface area contributed by atoms with E-state index >= 15 is 0 Å². The van der Waals surface area contributed by atoms with Gasteiger partial charge in [-0.15, -0.1) is 0 Å². The Bertz CT molecular complexity index is 1280. The van der Waals surface area contributed by atoms with Crippen molar-refractivity contribution in [2.24, 2.45) is 0 Å². The molecule has 2 aromatic heterocycles. The second kappa shape index (κ2) is 7.89. The molecular formula is C23H20ClN7. The lowest BCUT2D eigenvalue weighted by molar-refractivity contribution is 0.648. The Kier molecular flexibility index (Phi) is 4.92. The lowest BCUT2D eigenvalue weighted by Crippen LogP contribution is -2.47. The third kappa shape index (κ3) is 3.56. The molecule has 2 aromatic carbocycles. The van der Waals surface area contributed by atoms with Crippen molar-refractivity contribution in [2.45, 2.75) is 6.92 Å². The number of hydrogen-bond acceptors (Lipinski definition) is 6. The second-order valence-electron chi connectivity index (χ2n) is 7.59. The molecular weight excluding hydrogens is 410 g/mol. The van der Waals surface area contributed by atoms with E-state index in [1.165, 1.54) is 11.3 Å². The van der Waals surface area contributed by atoms with E-state index in [2.05, 4.69) is 49.0 Å². The minimum atomic E-state index is 0.618. The van der Waals surface area contributed by atoms with Crippen LogP contribution < -0.4 is 9.80 Å². The van der Waals surface area contributed by atoms with Gasteiger partial charge in [0.15, 0.2) is 5.65 Å². The van der Waals surface area contributed by atoms with E-state index in [4.69, 9.17) is 16.9 Å². The van der Waals surface area contributed by atoms with Crippen LogP contribution in [-0.4, -0.2) is 46.3 Å². The first kappa shape index (κ1) is 19.3. The summed E-state index contributed by atoms with van der Waals surface area (Å²) >= 11 is 6.23. The lowest BCUT2D eigenvalue weighted by atomic mass is 10.1. The predicted molar refractivity (Wildman–Crippen MR) is 122 cm³/mol. The summed E-state index contributed by atoms with van der Waals surface area (Å²) in [4.78, 5) is 13.6. The molecule has 1 N–H and O–H groups in total. The van der Waals surface area contributed by atoms with E-state index in [0.29, 0.717) is 11.2 Å². The number of nitrogens with one attached hydrogen (secondary N) is 1. The van der Waals surface area contributed by atoms with Crippen LogP contribution in [0.5, 0.6) is 0 Å². The Morgan fingerprint density at radius 1 is 1.00 bits per heavy atom. The topological polar surface area (TPSA) is 84.7 Å². The molecule has 1 saturated heterocycles. The van der Waals surface area contributed by atoms with E-state index < -0.39 is 0 Å². The molecule has 154 valence electrons. The highest BCUT2D eigenvalue weighted by molar-refractivity contribution is 6.30. The van der Waals surface area contributed by atoms with Gasteiger partial charge in [0.05, 0.1) is 17.0 Å². The third-order valence-corrected chi connectivity index (χ3v) is 5.95. The van der Waals surface area contributed by atoms with Crippen molar-refractivity contribution >= 4 is 34.1 Å². The summed E-state index contributed by atoms with van der Waals surface area (Å²) in [6.45, 7) is 5.51. The fraction of sp³-hybridized carbons (Fsp3) is 0.217. The summed E-state index contributed by atoms with van der Waals surface area (Å²) < 4.78 is 0. The zero-order valence-electron chi connectivity index (χ0n) is 17.0. The second-order valence-corrected chi connectivity index (χ2v) is 8.02. The number of aromatic nitrogens is 4. The van der Waals surface area contributed by atoms with Crippen molar-refractivity contribution in [3.63, 3.8) is 0 Å². The fourth-order valence-corrected chi connectivity index (χ4v) is 4.24. The van der Waals surface area contributed by atoms with Crippen molar-refractivity contribution in [3.05, 3.63) is 64.9 Å². The van der Waals surface area contributed by atoms with Crippen molar-refractivity contribution < 1.29 is 0 Å². The first-order valence-electron chi connectivity index (χ1n) is 10.1. The largest absolute Gasteiger partial charge is 0.368 e. The summed E-state index contributed by atoms with van der Waals surface area (Å²) in [6, 6.07) is 15.6. The number of aryl methyl sites for hydroxylation is 1. The number of aromatic amines is 1. The summed E-state index contributed by atoms with van der Waals surface area (Å²) in [5, 5.41) is 18.3. The minimum Gasteiger partial charge on any atom is -0.368 e. The average Bonchev–Trinajstić information content (AvgIpc) is 3.25. The zero-order valence-corrected chi connectivity index (χ0v) is 17.8.